The van der Waals surface area contributed by atoms with Crippen molar-refractivity contribution < 1.29 is 22.9 Å². The lowest BCUT2D eigenvalue weighted by Crippen LogP contribution is -2.16. The highest BCUT2D eigenvalue weighted by Crippen LogP contribution is 2.30. The number of carbonyl (C=O) groups is 1. The fourth-order valence-electron chi connectivity index (χ4n) is 2.78. The highest BCUT2D eigenvalue weighted by molar-refractivity contribution is 7.92. The second-order valence-corrected chi connectivity index (χ2v) is 8.80. The standard InChI is InChI=1S/C21H18ClN3O6S/c1-13-3-8-16(25(27)28)11-18(13)24-32(29,30)17-9-10-20(31-2)19(12-17)23-21(26)14-4-6-15(22)7-5-14/h3-12,24H,1-2H3,(H,23,26). The van der Waals surface area contributed by atoms with Crippen molar-refractivity contribution in [1.82, 2.24) is 0 Å². The second-order valence-electron chi connectivity index (χ2n) is 6.68. The number of halogens is 1. The number of anilines is 2. The first-order valence-corrected chi connectivity index (χ1v) is 11.0. The maximum Gasteiger partial charge on any atom is 0.271 e. The third-order valence-corrected chi connectivity index (χ3v) is 6.13. The molecule has 0 atom stereocenters. The SMILES string of the molecule is COc1ccc(S(=O)(=O)Nc2cc([N+](=O)[O-])ccc2C)cc1NC(=O)c1ccc(Cl)cc1. The molecule has 0 fully saturated rings. The van der Waals surface area contributed by atoms with Gasteiger partial charge in [-0.2, -0.15) is 0 Å². The fourth-order valence-corrected chi connectivity index (χ4v) is 4.06. The molecule has 0 spiro atoms. The van der Waals surface area contributed by atoms with Crippen molar-refractivity contribution in [2.45, 2.75) is 11.8 Å². The molecule has 32 heavy (non-hydrogen) atoms. The van der Waals surface area contributed by atoms with Crippen LogP contribution in [0.3, 0.4) is 0 Å². The highest BCUT2D eigenvalue weighted by atomic mass is 35.5. The number of ether oxygens (including phenoxy) is 1. The van der Waals surface area contributed by atoms with Crippen LogP contribution in [-0.2, 0) is 10.0 Å². The lowest BCUT2D eigenvalue weighted by molar-refractivity contribution is -0.384. The number of rotatable bonds is 7. The first kappa shape index (κ1) is 23.0. The summed E-state index contributed by atoms with van der Waals surface area (Å²) in [6.45, 7) is 1.62. The zero-order chi connectivity index (χ0) is 23.5. The van der Waals surface area contributed by atoms with Crippen LogP contribution in [-0.4, -0.2) is 26.4 Å². The van der Waals surface area contributed by atoms with Gasteiger partial charge in [0.25, 0.3) is 21.6 Å². The van der Waals surface area contributed by atoms with Crippen LogP contribution in [0.25, 0.3) is 0 Å². The number of sulfonamides is 1. The van der Waals surface area contributed by atoms with E-state index in [2.05, 4.69) is 10.0 Å². The van der Waals surface area contributed by atoms with Crippen LogP contribution in [0, 0.1) is 17.0 Å². The number of carbonyl (C=O) groups excluding carboxylic acids is 1. The number of methoxy groups -OCH3 is 1. The van der Waals surface area contributed by atoms with E-state index in [0.717, 1.165) is 6.07 Å². The number of hydrogen-bond donors (Lipinski definition) is 2. The van der Waals surface area contributed by atoms with Gasteiger partial charge < -0.3 is 10.1 Å². The van der Waals surface area contributed by atoms with Crippen molar-refractivity contribution in [2.75, 3.05) is 17.1 Å². The van der Waals surface area contributed by atoms with Crippen molar-refractivity contribution in [1.29, 1.82) is 0 Å². The molecule has 166 valence electrons. The number of nitrogens with one attached hydrogen (secondary N) is 2. The average molecular weight is 476 g/mol. The Morgan fingerprint density at radius 3 is 2.34 bits per heavy atom. The van der Waals surface area contributed by atoms with Gasteiger partial charge in [0.2, 0.25) is 0 Å². The molecule has 0 saturated heterocycles. The van der Waals surface area contributed by atoms with Gasteiger partial charge in [0.05, 0.1) is 28.3 Å². The van der Waals surface area contributed by atoms with Gasteiger partial charge in [-0.3, -0.25) is 19.6 Å². The molecule has 3 rings (SSSR count). The molecule has 0 aliphatic heterocycles. The Morgan fingerprint density at radius 1 is 1.03 bits per heavy atom. The lowest BCUT2D eigenvalue weighted by Gasteiger charge is -2.14. The predicted octanol–water partition coefficient (Wildman–Crippen LogP) is 4.62. The van der Waals surface area contributed by atoms with Crippen molar-refractivity contribution in [2.24, 2.45) is 0 Å². The first-order chi connectivity index (χ1) is 15.1. The predicted molar refractivity (Wildman–Crippen MR) is 121 cm³/mol. The fraction of sp³-hybridized carbons (Fsp3) is 0.0952. The van der Waals surface area contributed by atoms with Crippen LogP contribution < -0.4 is 14.8 Å². The third-order valence-electron chi connectivity index (χ3n) is 4.51. The number of nitro benzene ring substituents is 1. The van der Waals surface area contributed by atoms with Gasteiger partial charge in [0, 0.05) is 22.7 Å². The number of nitro groups is 1. The van der Waals surface area contributed by atoms with E-state index in [1.54, 1.807) is 19.1 Å². The van der Waals surface area contributed by atoms with E-state index in [1.807, 2.05) is 0 Å². The van der Waals surface area contributed by atoms with Crippen LogP contribution in [0.5, 0.6) is 5.75 Å². The topological polar surface area (TPSA) is 128 Å². The van der Waals surface area contributed by atoms with Gasteiger partial charge in [-0.25, -0.2) is 8.42 Å². The molecule has 1 amide bonds. The maximum atomic E-state index is 12.9. The van der Waals surface area contributed by atoms with E-state index in [-0.39, 0.29) is 27.7 Å². The van der Waals surface area contributed by atoms with Crippen molar-refractivity contribution in [3.63, 3.8) is 0 Å². The average Bonchev–Trinajstić information content (AvgIpc) is 2.75. The summed E-state index contributed by atoms with van der Waals surface area (Å²) in [5.41, 5.74) is 0.769. The molecule has 3 aromatic carbocycles. The summed E-state index contributed by atoms with van der Waals surface area (Å²) in [4.78, 5) is 22.8. The molecule has 0 heterocycles. The summed E-state index contributed by atoms with van der Waals surface area (Å²) in [5.74, 6) is -0.241. The van der Waals surface area contributed by atoms with E-state index in [1.165, 1.54) is 49.6 Å². The normalized spacial score (nSPS) is 11.0. The number of nitrogens with zero attached hydrogens (tertiary/aromatic N) is 1. The van der Waals surface area contributed by atoms with Gasteiger partial charge >= 0.3 is 0 Å². The summed E-state index contributed by atoms with van der Waals surface area (Å²) in [6.07, 6.45) is 0. The molecular formula is C21H18ClN3O6S. The van der Waals surface area contributed by atoms with Gasteiger partial charge in [-0.05, 0) is 55.0 Å². The Bertz CT molecular complexity index is 1290. The summed E-state index contributed by atoms with van der Waals surface area (Å²) in [7, 11) is -2.75. The smallest absolute Gasteiger partial charge is 0.271 e. The van der Waals surface area contributed by atoms with Crippen LogP contribution in [0.15, 0.2) is 65.6 Å². The molecule has 0 unspecified atom stereocenters. The Hall–Kier alpha value is -3.63. The molecule has 11 heteroatoms. The monoisotopic (exact) mass is 475 g/mol. The summed E-state index contributed by atoms with van der Waals surface area (Å²) in [6, 6.07) is 14.0. The van der Waals surface area contributed by atoms with Gasteiger partial charge in [-0.15, -0.1) is 0 Å². The highest BCUT2D eigenvalue weighted by Gasteiger charge is 2.20. The van der Waals surface area contributed by atoms with Gasteiger partial charge in [0.15, 0.2) is 0 Å². The maximum absolute atomic E-state index is 12.9. The number of hydrogen-bond acceptors (Lipinski definition) is 6. The summed E-state index contributed by atoms with van der Waals surface area (Å²) < 4.78 is 33.4. The Kier molecular flexibility index (Phi) is 6.66. The van der Waals surface area contributed by atoms with Gasteiger partial charge in [-0.1, -0.05) is 17.7 Å². The molecule has 0 aromatic heterocycles. The number of benzene rings is 3. The Labute approximate surface area is 189 Å². The van der Waals surface area contributed by atoms with E-state index < -0.39 is 20.9 Å². The van der Waals surface area contributed by atoms with E-state index in [0.29, 0.717) is 16.1 Å². The van der Waals surface area contributed by atoms with Crippen LogP contribution in [0.1, 0.15) is 15.9 Å². The molecule has 0 radical (unpaired) electrons. The van der Waals surface area contributed by atoms with E-state index in [9.17, 15) is 23.3 Å². The molecule has 9 nitrogen and oxygen atoms in total. The quantitative estimate of drug-likeness (QED) is 0.379. The van der Waals surface area contributed by atoms with E-state index in [4.69, 9.17) is 16.3 Å². The summed E-state index contributed by atoms with van der Waals surface area (Å²) >= 11 is 5.84. The molecular weight excluding hydrogens is 458 g/mol. The number of amides is 1. The molecule has 0 aliphatic rings. The Balaban J connectivity index is 1.93. The van der Waals surface area contributed by atoms with Crippen molar-refractivity contribution in [3.8, 4) is 5.75 Å². The third kappa shape index (κ3) is 5.16. The minimum atomic E-state index is -4.13. The van der Waals surface area contributed by atoms with Crippen LogP contribution in [0.4, 0.5) is 17.1 Å². The minimum absolute atomic E-state index is 0.0711. The molecule has 0 bridgehead atoms. The zero-order valence-electron chi connectivity index (χ0n) is 17.0. The van der Waals surface area contributed by atoms with Crippen LogP contribution >= 0.6 is 11.6 Å². The first-order valence-electron chi connectivity index (χ1n) is 9.13. The lowest BCUT2D eigenvalue weighted by atomic mass is 10.2. The van der Waals surface area contributed by atoms with Crippen molar-refractivity contribution in [3.05, 3.63) is 86.9 Å². The number of aryl methyl sites for hydroxylation is 1. The Morgan fingerprint density at radius 2 is 1.72 bits per heavy atom. The summed E-state index contributed by atoms with van der Waals surface area (Å²) in [5, 5.41) is 14.1. The molecule has 3 aromatic rings. The van der Waals surface area contributed by atoms with Gasteiger partial charge in [0.1, 0.15) is 5.75 Å². The minimum Gasteiger partial charge on any atom is -0.495 e. The molecule has 2 N–H and O–H groups in total. The molecule has 0 saturated carbocycles. The number of non-ortho nitro benzene ring substituents is 1. The molecule has 0 aliphatic carbocycles. The second kappa shape index (κ2) is 9.25. The van der Waals surface area contributed by atoms with Crippen LogP contribution in [0.2, 0.25) is 5.02 Å². The largest absolute Gasteiger partial charge is 0.495 e. The van der Waals surface area contributed by atoms with E-state index >= 15 is 0 Å². The zero-order valence-corrected chi connectivity index (χ0v) is 18.5. The van der Waals surface area contributed by atoms with Crippen molar-refractivity contribution >= 4 is 44.6 Å².